The van der Waals surface area contributed by atoms with Gasteiger partial charge in [0.05, 0.1) is 6.10 Å². The predicted molar refractivity (Wildman–Crippen MR) is 88.0 cm³/mol. The van der Waals surface area contributed by atoms with E-state index in [0.29, 0.717) is 12.1 Å². The van der Waals surface area contributed by atoms with Crippen molar-refractivity contribution in [1.82, 2.24) is 5.32 Å². The van der Waals surface area contributed by atoms with E-state index in [9.17, 15) is 0 Å². The molecule has 0 aromatic rings. The third-order valence-corrected chi connectivity index (χ3v) is 5.11. The van der Waals surface area contributed by atoms with Crippen molar-refractivity contribution < 1.29 is 4.74 Å². The van der Waals surface area contributed by atoms with Gasteiger partial charge in [0.1, 0.15) is 0 Å². The molecule has 0 spiro atoms. The molecular weight excluding hydrogens is 246 g/mol. The van der Waals surface area contributed by atoms with E-state index in [1.807, 2.05) is 0 Å². The van der Waals surface area contributed by atoms with Crippen LogP contribution < -0.4 is 5.32 Å². The van der Waals surface area contributed by atoms with E-state index < -0.39 is 0 Å². The van der Waals surface area contributed by atoms with Gasteiger partial charge in [-0.25, -0.2) is 0 Å². The zero-order valence-electron chi connectivity index (χ0n) is 14.8. The number of nitrogens with one attached hydrogen (secondary N) is 1. The van der Waals surface area contributed by atoms with Crippen molar-refractivity contribution in [2.45, 2.75) is 79.9 Å². The summed E-state index contributed by atoms with van der Waals surface area (Å²) in [5.41, 5.74) is 0.190. The highest BCUT2D eigenvalue weighted by atomic mass is 16.5. The molecule has 1 N–H and O–H groups in total. The van der Waals surface area contributed by atoms with Gasteiger partial charge in [-0.05, 0) is 49.5 Å². The third-order valence-electron chi connectivity index (χ3n) is 5.11. The topological polar surface area (TPSA) is 21.3 Å². The maximum absolute atomic E-state index is 6.17. The standard InChI is InChI=1S/C18H37NO/c1-8-19-16(17(20-9-2)18(5,6)7)15-11-10-13(3)14(4)12-15/h13-17,19H,8-12H2,1-7H3. The lowest BCUT2D eigenvalue weighted by Gasteiger charge is -2.44. The zero-order valence-corrected chi connectivity index (χ0v) is 14.8. The van der Waals surface area contributed by atoms with Gasteiger partial charge in [0, 0.05) is 12.6 Å². The van der Waals surface area contributed by atoms with Crippen LogP contribution in [-0.4, -0.2) is 25.3 Å². The summed E-state index contributed by atoms with van der Waals surface area (Å²) in [6, 6.07) is 0.495. The van der Waals surface area contributed by atoms with E-state index in [1.54, 1.807) is 0 Å². The SMILES string of the molecule is CCNC(C1CCC(C)C(C)C1)C(OCC)C(C)(C)C. The third kappa shape index (κ3) is 4.73. The fourth-order valence-electron chi connectivity index (χ4n) is 3.74. The summed E-state index contributed by atoms with van der Waals surface area (Å²) >= 11 is 0. The molecule has 0 aromatic carbocycles. The molecule has 0 amide bonds. The van der Waals surface area contributed by atoms with Crippen molar-refractivity contribution in [2.75, 3.05) is 13.2 Å². The van der Waals surface area contributed by atoms with Crippen LogP contribution in [0.25, 0.3) is 0 Å². The van der Waals surface area contributed by atoms with Gasteiger partial charge in [0.15, 0.2) is 0 Å². The van der Waals surface area contributed by atoms with Crippen molar-refractivity contribution in [3.8, 4) is 0 Å². The predicted octanol–water partition coefficient (Wildman–Crippen LogP) is 4.49. The summed E-state index contributed by atoms with van der Waals surface area (Å²) in [5.74, 6) is 2.49. The number of hydrogen-bond donors (Lipinski definition) is 1. The molecule has 0 heterocycles. The molecule has 5 atom stereocenters. The number of ether oxygens (including phenoxy) is 1. The maximum Gasteiger partial charge on any atom is 0.0778 e. The van der Waals surface area contributed by atoms with Crippen LogP contribution in [-0.2, 0) is 4.74 Å². The molecule has 20 heavy (non-hydrogen) atoms. The first-order valence-electron chi connectivity index (χ1n) is 8.66. The van der Waals surface area contributed by atoms with Crippen LogP contribution in [0, 0.1) is 23.2 Å². The molecule has 0 saturated heterocycles. The molecule has 5 unspecified atom stereocenters. The number of likely N-dealkylation sites (N-methyl/N-ethyl adjacent to an activating group) is 1. The Kier molecular flexibility index (Phi) is 7.00. The van der Waals surface area contributed by atoms with Gasteiger partial charge in [0.2, 0.25) is 0 Å². The van der Waals surface area contributed by atoms with E-state index >= 15 is 0 Å². The first kappa shape index (κ1) is 18.0. The van der Waals surface area contributed by atoms with Crippen LogP contribution in [0.3, 0.4) is 0 Å². The van der Waals surface area contributed by atoms with Gasteiger partial charge < -0.3 is 10.1 Å². The minimum atomic E-state index is 0.190. The van der Waals surface area contributed by atoms with E-state index in [1.165, 1.54) is 19.3 Å². The number of hydrogen-bond acceptors (Lipinski definition) is 2. The van der Waals surface area contributed by atoms with Crippen LogP contribution in [0.4, 0.5) is 0 Å². The number of rotatable bonds is 6. The van der Waals surface area contributed by atoms with E-state index in [2.05, 4.69) is 53.8 Å². The highest BCUT2D eigenvalue weighted by Gasteiger charge is 2.39. The fraction of sp³-hybridized carbons (Fsp3) is 1.00. The molecule has 120 valence electrons. The first-order chi connectivity index (χ1) is 9.31. The molecule has 2 nitrogen and oxygen atoms in total. The summed E-state index contributed by atoms with van der Waals surface area (Å²) in [6.45, 7) is 17.9. The van der Waals surface area contributed by atoms with Crippen LogP contribution in [0.15, 0.2) is 0 Å². The molecule has 1 rings (SSSR count). The second-order valence-electron chi connectivity index (χ2n) is 7.85. The molecule has 0 radical (unpaired) electrons. The van der Waals surface area contributed by atoms with E-state index in [4.69, 9.17) is 4.74 Å². The van der Waals surface area contributed by atoms with Crippen LogP contribution in [0.2, 0.25) is 0 Å². The largest absolute Gasteiger partial charge is 0.376 e. The molecule has 1 aliphatic rings. The lowest BCUT2D eigenvalue weighted by atomic mass is 9.69. The maximum atomic E-state index is 6.17. The second-order valence-corrected chi connectivity index (χ2v) is 7.85. The fourth-order valence-corrected chi connectivity index (χ4v) is 3.74. The van der Waals surface area contributed by atoms with Crippen molar-refractivity contribution in [2.24, 2.45) is 23.2 Å². The van der Waals surface area contributed by atoms with Gasteiger partial charge in [-0.2, -0.15) is 0 Å². The second kappa shape index (κ2) is 7.79. The Morgan fingerprint density at radius 1 is 1.10 bits per heavy atom. The van der Waals surface area contributed by atoms with Crippen molar-refractivity contribution in [3.63, 3.8) is 0 Å². The Bertz CT molecular complexity index is 271. The lowest BCUT2D eigenvalue weighted by Crippen LogP contribution is -2.53. The van der Waals surface area contributed by atoms with Crippen molar-refractivity contribution >= 4 is 0 Å². The first-order valence-corrected chi connectivity index (χ1v) is 8.66. The average Bonchev–Trinajstić information content (AvgIpc) is 2.36. The smallest absolute Gasteiger partial charge is 0.0778 e. The quantitative estimate of drug-likeness (QED) is 0.775. The van der Waals surface area contributed by atoms with Crippen LogP contribution in [0.5, 0.6) is 0 Å². The Balaban J connectivity index is 2.85. The average molecular weight is 284 g/mol. The summed E-state index contributed by atoms with van der Waals surface area (Å²) in [7, 11) is 0. The Morgan fingerprint density at radius 2 is 1.75 bits per heavy atom. The molecule has 2 heteroatoms. The van der Waals surface area contributed by atoms with E-state index in [0.717, 1.165) is 30.9 Å². The van der Waals surface area contributed by atoms with Gasteiger partial charge in [0.25, 0.3) is 0 Å². The van der Waals surface area contributed by atoms with Gasteiger partial charge in [-0.15, -0.1) is 0 Å². The van der Waals surface area contributed by atoms with Gasteiger partial charge >= 0.3 is 0 Å². The summed E-state index contributed by atoms with van der Waals surface area (Å²) < 4.78 is 6.17. The Morgan fingerprint density at radius 3 is 2.20 bits per heavy atom. The molecule has 0 bridgehead atoms. The van der Waals surface area contributed by atoms with Crippen molar-refractivity contribution in [3.05, 3.63) is 0 Å². The van der Waals surface area contributed by atoms with Crippen LogP contribution >= 0.6 is 0 Å². The van der Waals surface area contributed by atoms with E-state index in [-0.39, 0.29) is 5.41 Å². The Labute approximate surface area is 127 Å². The van der Waals surface area contributed by atoms with Gasteiger partial charge in [-0.1, -0.05) is 48.0 Å². The monoisotopic (exact) mass is 283 g/mol. The highest BCUT2D eigenvalue weighted by molar-refractivity contribution is 4.93. The summed E-state index contributed by atoms with van der Waals surface area (Å²) in [4.78, 5) is 0. The zero-order chi connectivity index (χ0) is 15.3. The molecular formula is C18H37NO. The van der Waals surface area contributed by atoms with Gasteiger partial charge in [-0.3, -0.25) is 0 Å². The molecule has 1 aliphatic carbocycles. The Hall–Kier alpha value is -0.0800. The molecule has 0 aliphatic heterocycles. The molecule has 1 fully saturated rings. The lowest BCUT2D eigenvalue weighted by molar-refractivity contribution is -0.0562. The minimum absolute atomic E-state index is 0.190. The summed E-state index contributed by atoms with van der Waals surface area (Å²) in [5, 5.41) is 3.75. The highest BCUT2D eigenvalue weighted by Crippen LogP contribution is 2.39. The normalized spacial score (nSPS) is 31.1. The van der Waals surface area contributed by atoms with Crippen LogP contribution in [0.1, 0.15) is 67.7 Å². The molecule has 1 saturated carbocycles. The van der Waals surface area contributed by atoms with Crippen molar-refractivity contribution in [1.29, 1.82) is 0 Å². The minimum Gasteiger partial charge on any atom is -0.376 e. The summed E-state index contributed by atoms with van der Waals surface area (Å²) in [6.07, 6.45) is 4.37. The molecule has 0 aromatic heterocycles.